The molecule has 0 bridgehead atoms. The van der Waals surface area contributed by atoms with E-state index >= 15 is 0 Å². The zero-order valence-electron chi connectivity index (χ0n) is 12.7. The number of hydrogen-bond acceptors (Lipinski definition) is 3. The fraction of sp³-hybridized carbons (Fsp3) is 0.733. The monoisotopic (exact) mass is 278 g/mol. The molecule has 1 aromatic rings. The summed E-state index contributed by atoms with van der Waals surface area (Å²) in [6, 6.07) is 1.82. The van der Waals surface area contributed by atoms with E-state index in [-0.39, 0.29) is 5.91 Å². The van der Waals surface area contributed by atoms with Gasteiger partial charge in [-0.2, -0.15) is 5.10 Å². The predicted molar refractivity (Wildman–Crippen MR) is 79.8 cm³/mol. The minimum absolute atomic E-state index is 0.0241. The third-order valence-electron chi connectivity index (χ3n) is 3.87. The topological polar surface area (TPSA) is 50.2 Å². The van der Waals surface area contributed by atoms with Gasteiger partial charge in [-0.1, -0.05) is 12.8 Å². The zero-order valence-corrected chi connectivity index (χ0v) is 12.7. The first-order valence-electron chi connectivity index (χ1n) is 7.68. The molecule has 2 rings (SSSR count). The van der Waals surface area contributed by atoms with Crippen molar-refractivity contribution in [3.05, 3.63) is 17.5 Å². The van der Waals surface area contributed by atoms with Crippen LogP contribution in [0.2, 0.25) is 0 Å². The van der Waals surface area contributed by atoms with E-state index < -0.39 is 0 Å². The van der Waals surface area contributed by atoms with Gasteiger partial charge in [-0.25, -0.2) is 0 Å². The van der Waals surface area contributed by atoms with E-state index in [0.29, 0.717) is 5.69 Å². The lowest BCUT2D eigenvalue weighted by Crippen LogP contribution is -2.31. The number of aryl methyl sites for hydroxylation is 2. The first-order valence-corrected chi connectivity index (χ1v) is 7.68. The van der Waals surface area contributed by atoms with E-state index in [4.69, 9.17) is 0 Å². The van der Waals surface area contributed by atoms with Gasteiger partial charge in [0.1, 0.15) is 5.69 Å². The lowest BCUT2D eigenvalue weighted by atomic mass is 10.2. The van der Waals surface area contributed by atoms with E-state index in [0.717, 1.165) is 25.2 Å². The van der Waals surface area contributed by atoms with Gasteiger partial charge in [0.05, 0.1) is 5.69 Å². The number of nitrogens with zero attached hydrogens (tertiary/aromatic N) is 3. The van der Waals surface area contributed by atoms with Gasteiger partial charge in [-0.3, -0.25) is 9.48 Å². The Bertz CT molecular complexity index is 433. The van der Waals surface area contributed by atoms with Crippen LogP contribution in [0, 0.1) is 6.92 Å². The van der Waals surface area contributed by atoms with Crippen molar-refractivity contribution < 1.29 is 4.79 Å². The molecule has 0 atom stereocenters. The molecule has 1 amide bonds. The van der Waals surface area contributed by atoms with Crippen molar-refractivity contribution in [2.45, 2.75) is 39.0 Å². The maximum Gasteiger partial charge on any atom is 0.269 e. The maximum absolute atomic E-state index is 12.0. The molecule has 20 heavy (non-hydrogen) atoms. The molecule has 0 spiro atoms. The fourth-order valence-electron chi connectivity index (χ4n) is 2.78. The number of carbonyl (C=O) groups excluding carboxylic acids is 1. The van der Waals surface area contributed by atoms with Crippen molar-refractivity contribution in [2.24, 2.45) is 7.05 Å². The molecule has 0 unspecified atom stereocenters. The molecular formula is C15H26N4O. The summed E-state index contributed by atoms with van der Waals surface area (Å²) in [6.45, 7) is 6.16. The van der Waals surface area contributed by atoms with Crippen LogP contribution < -0.4 is 5.32 Å². The van der Waals surface area contributed by atoms with Crippen LogP contribution in [-0.4, -0.2) is 46.8 Å². The normalized spacial score (nSPS) is 16.9. The van der Waals surface area contributed by atoms with Crippen LogP contribution >= 0.6 is 0 Å². The minimum atomic E-state index is -0.0241. The Morgan fingerprint density at radius 3 is 2.60 bits per heavy atom. The van der Waals surface area contributed by atoms with Crippen LogP contribution in [0.15, 0.2) is 6.07 Å². The number of aromatic nitrogens is 2. The number of likely N-dealkylation sites (tertiary alicyclic amines) is 1. The summed E-state index contributed by atoms with van der Waals surface area (Å²) in [4.78, 5) is 14.5. The Hall–Kier alpha value is -1.36. The second kappa shape index (κ2) is 7.43. The lowest BCUT2D eigenvalue weighted by molar-refractivity contribution is 0.0942. The van der Waals surface area contributed by atoms with Crippen molar-refractivity contribution in [2.75, 3.05) is 26.2 Å². The molecule has 0 aliphatic carbocycles. The molecule has 0 saturated carbocycles. The number of hydrogen-bond donors (Lipinski definition) is 1. The fourth-order valence-corrected chi connectivity index (χ4v) is 2.78. The average molecular weight is 278 g/mol. The third-order valence-corrected chi connectivity index (χ3v) is 3.87. The van der Waals surface area contributed by atoms with Crippen molar-refractivity contribution in [3.8, 4) is 0 Å². The van der Waals surface area contributed by atoms with E-state index in [2.05, 4.69) is 15.3 Å². The molecule has 0 aromatic carbocycles. The van der Waals surface area contributed by atoms with Gasteiger partial charge in [0.2, 0.25) is 0 Å². The van der Waals surface area contributed by atoms with Gasteiger partial charge in [0.25, 0.3) is 5.91 Å². The molecule has 2 heterocycles. The Balaban J connectivity index is 1.67. The van der Waals surface area contributed by atoms with Gasteiger partial charge in [-0.05, 0) is 51.9 Å². The highest BCUT2D eigenvalue weighted by Crippen LogP contribution is 2.09. The lowest BCUT2D eigenvalue weighted by Gasteiger charge is -2.19. The molecule has 1 aliphatic rings. The Labute approximate surface area is 121 Å². The minimum Gasteiger partial charge on any atom is -0.351 e. The first-order chi connectivity index (χ1) is 9.66. The Morgan fingerprint density at radius 1 is 1.30 bits per heavy atom. The highest BCUT2D eigenvalue weighted by atomic mass is 16.2. The largest absolute Gasteiger partial charge is 0.351 e. The molecule has 1 aromatic heterocycles. The van der Waals surface area contributed by atoms with Crippen molar-refractivity contribution >= 4 is 5.91 Å². The van der Waals surface area contributed by atoms with Crippen molar-refractivity contribution in [1.82, 2.24) is 20.0 Å². The van der Waals surface area contributed by atoms with Crippen molar-refractivity contribution in [1.29, 1.82) is 0 Å². The number of rotatable bonds is 5. The summed E-state index contributed by atoms with van der Waals surface area (Å²) in [5.74, 6) is -0.0241. The summed E-state index contributed by atoms with van der Waals surface area (Å²) >= 11 is 0. The molecule has 1 N–H and O–H groups in total. The molecule has 1 fully saturated rings. The van der Waals surface area contributed by atoms with Gasteiger partial charge >= 0.3 is 0 Å². The van der Waals surface area contributed by atoms with Crippen LogP contribution in [-0.2, 0) is 7.05 Å². The quantitative estimate of drug-likeness (QED) is 0.834. The number of amides is 1. The maximum atomic E-state index is 12.0. The highest BCUT2D eigenvalue weighted by molar-refractivity contribution is 5.92. The Morgan fingerprint density at radius 2 is 2.00 bits per heavy atom. The first kappa shape index (κ1) is 15.0. The summed E-state index contributed by atoms with van der Waals surface area (Å²) in [7, 11) is 1.80. The highest BCUT2D eigenvalue weighted by Gasteiger charge is 2.12. The Kier molecular flexibility index (Phi) is 5.59. The third kappa shape index (κ3) is 4.34. The average Bonchev–Trinajstić information content (AvgIpc) is 2.64. The molecular weight excluding hydrogens is 252 g/mol. The molecule has 112 valence electrons. The van der Waals surface area contributed by atoms with E-state index in [1.807, 2.05) is 13.0 Å². The molecule has 5 heteroatoms. The van der Waals surface area contributed by atoms with Gasteiger partial charge in [0, 0.05) is 13.6 Å². The molecule has 1 saturated heterocycles. The molecule has 0 radical (unpaired) electrons. The van der Waals surface area contributed by atoms with Gasteiger partial charge in [0.15, 0.2) is 0 Å². The van der Waals surface area contributed by atoms with Crippen LogP contribution in [0.25, 0.3) is 0 Å². The smallest absolute Gasteiger partial charge is 0.269 e. The van der Waals surface area contributed by atoms with Gasteiger partial charge in [-0.15, -0.1) is 0 Å². The zero-order chi connectivity index (χ0) is 14.4. The summed E-state index contributed by atoms with van der Waals surface area (Å²) in [5, 5.41) is 7.17. The second-order valence-corrected chi connectivity index (χ2v) is 5.66. The number of nitrogens with one attached hydrogen (secondary N) is 1. The summed E-state index contributed by atoms with van der Waals surface area (Å²) < 4.78 is 1.64. The molecule has 5 nitrogen and oxygen atoms in total. The second-order valence-electron chi connectivity index (χ2n) is 5.66. The number of carbonyl (C=O) groups is 1. The van der Waals surface area contributed by atoms with E-state index in [1.54, 1.807) is 11.7 Å². The molecule has 1 aliphatic heterocycles. The standard InChI is InChI=1S/C15H26N4O/c1-13-12-14(18(2)17-13)15(20)16-8-7-11-19-9-5-3-4-6-10-19/h12H,3-11H2,1-2H3,(H,16,20). The SMILES string of the molecule is Cc1cc(C(=O)NCCCN2CCCCCC2)n(C)n1. The van der Waals surface area contributed by atoms with Crippen molar-refractivity contribution in [3.63, 3.8) is 0 Å². The van der Waals surface area contributed by atoms with Crippen LogP contribution in [0.5, 0.6) is 0 Å². The van der Waals surface area contributed by atoms with Gasteiger partial charge < -0.3 is 10.2 Å². The predicted octanol–water partition coefficient (Wildman–Crippen LogP) is 1.72. The van der Waals surface area contributed by atoms with Crippen LogP contribution in [0.4, 0.5) is 0 Å². The van der Waals surface area contributed by atoms with Crippen LogP contribution in [0.3, 0.4) is 0 Å². The van der Waals surface area contributed by atoms with E-state index in [1.165, 1.54) is 38.8 Å². The summed E-state index contributed by atoms with van der Waals surface area (Å²) in [6.07, 6.45) is 6.39. The van der Waals surface area contributed by atoms with E-state index in [9.17, 15) is 4.79 Å². The van der Waals surface area contributed by atoms with Crippen LogP contribution in [0.1, 0.15) is 48.3 Å². The summed E-state index contributed by atoms with van der Waals surface area (Å²) in [5.41, 5.74) is 1.51.